The normalized spacial score (nSPS) is 22.6. The summed E-state index contributed by atoms with van der Waals surface area (Å²) in [6.07, 6.45) is 2.03. The number of rotatable bonds is 5. The molecule has 0 heterocycles. The largest absolute Gasteiger partial charge is 0.460 e. The van der Waals surface area contributed by atoms with Crippen molar-refractivity contribution in [3.63, 3.8) is 0 Å². The van der Waals surface area contributed by atoms with Crippen LogP contribution in [0.3, 0.4) is 0 Å². The molecule has 0 N–H and O–H groups in total. The molecular weight excluding hydrogens is 354 g/mol. The predicted molar refractivity (Wildman–Crippen MR) is 95.7 cm³/mol. The Morgan fingerprint density at radius 1 is 1.15 bits per heavy atom. The van der Waals surface area contributed by atoms with Crippen LogP contribution in [0.4, 0.5) is 0 Å². The van der Waals surface area contributed by atoms with E-state index in [0.717, 1.165) is 0 Å². The summed E-state index contributed by atoms with van der Waals surface area (Å²) in [5, 5.41) is 9.37. The van der Waals surface area contributed by atoms with Crippen LogP contribution in [0.5, 0.6) is 5.75 Å². The van der Waals surface area contributed by atoms with Crippen LogP contribution < -0.4 is 4.84 Å². The number of carbonyl (C=O) groups excluding carboxylic acids is 2. The fourth-order valence-electron chi connectivity index (χ4n) is 2.91. The molecule has 1 aromatic rings. The van der Waals surface area contributed by atoms with E-state index in [1.54, 1.807) is 0 Å². The van der Waals surface area contributed by atoms with Crippen LogP contribution in [-0.4, -0.2) is 28.7 Å². The van der Waals surface area contributed by atoms with Crippen molar-refractivity contribution in [1.82, 2.24) is 0 Å². The van der Waals surface area contributed by atoms with Gasteiger partial charge in [-0.05, 0) is 77.6 Å². The molecule has 0 bridgehead atoms. The topological polar surface area (TPSA) is 105 Å². The number of benzene rings is 1. The van der Waals surface area contributed by atoms with E-state index >= 15 is 0 Å². The van der Waals surface area contributed by atoms with Crippen LogP contribution in [-0.2, 0) is 14.3 Å². The summed E-state index contributed by atoms with van der Waals surface area (Å²) in [4.78, 5) is 39.2. The Morgan fingerprint density at radius 2 is 1.70 bits per heavy atom. The Balaban J connectivity index is 1.88. The minimum absolute atomic E-state index is 0.0299. The summed E-state index contributed by atoms with van der Waals surface area (Å²) < 4.78 is 11.0. The molecule has 0 amide bonds. The van der Waals surface area contributed by atoms with Gasteiger partial charge in [0.25, 0.3) is 5.09 Å². The first-order valence-corrected chi connectivity index (χ1v) is 8.85. The number of hydrogen-bond donors (Lipinski definition) is 0. The zero-order valence-electron chi connectivity index (χ0n) is 16.0. The van der Waals surface area contributed by atoms with Gasteiger partial charge in [0, 0.05) is 0 Å². The lowest BCUT2D eigenvalue weighted by Gasteiger charge is -2.36. The molecule has 1 aromatic carbocycles. The molecule has 0 radical (unpaired) electrons. The Hall–Kier alpha value is -2.64. The van der Waals surface area contributed by atoms with Crippen molar-refractivity contribution in [1.29, 1.82) is 0 Å². The van der Waals surface area contributed by atoms with Gasteiger partial charge in [0.15, 0.2) is 0 Å². The van der Waals surface area contributed by atoms with E-state index in [4.69, 9.17) is 9.47 Å². The summed E-state index contributed by atoms with van der Waals surface area (Å²) in [6.45, 7) is 7.39. The molecule has 1 aliphatic carbocycles. The van der Waals surface area contributed by atoms with Crippen LogP contribution in [0.1, 0.15) is 63.7 Å². The Kier molecular flexibility index (Phi) is 6.08. The van der Waals surface area contributed by atoms with Gasteiger partial charge in [-0.3, -0.25) is 9.63 Å². The van der Waals surface area contributed by atoms with Crippen LogP contribution in [0.15, 0.2) is 24.3 Å². The number of ether oxygens (including phenoxy) is 2. The smallest absolute Gasteiger partial charge is 0.338 e. The lowest BCUT2D eigenvalue weighted by atomic mass is 9.74. The van der Waals surface area contributed by atoms with Crippen molar-refractivity contribution < 1.29 is 29.0 Å². The summed E-state index contributed by atoms with van der Waals surface area (Å²) in [6, 6.07) is 5.49. The van der Waals surface area contributed by atoms with Gasteiger partial charge in [-0.2, -0.15) is 0 Å². The molecule has 8 heteroatoms. The molecule has 8 nitrogen and oxygen atoms in total. The molecule has 0 saturated heterocycles. The minimum Gasteiger partial charge on any atom is -0.460 e. The van der Waals surface area contributed by atoms with Crippen molar-refractivity contribution in [2.45, 2.75) is 65.1 Å². The summed E-state index contributed by atoms with van der Waals surface area (Å²) in [5.41, 5.74) is -0.821. The van der Waals surface area contributed by atoms with Gasteiger partial charge >= 0.3 is 11.9 Å². The first-order chi connectivity index (χ1) is 12.5. The molecule has 1 saturated carbocycles. The van der Waals surface area contributed by atoms with Gasteiger partial charge in [0.2, 0.25) is 0 Å². The van der Waals surface area contributed by atoms with Crippen molar-refractivity contribution in [2.75, 3.05) is 0 Å². The second-order valence-corrected chi connectivity index (χ2v) is 8.01. The molecule has 2 rings (SSSR count). The van der Waals surface area contributed by atoms with Crippen molar-refractivity contribution in [3.8, 4) is 5.75 Å². The molecule has 0 aliphatic heterocycles. The standard InChI is InChI=1S/C19H25NO7/c1-18(2,3)26-17(22)19(4)11-9-14(10-12-19)25-16(21)13-5-7-15(8-6-13)27-20(23)24/h5-8,14H,9-12H2,1-4H3. The lowest BCUT2D eigenvalue weighted by Crippen LogP contribution is -2.40. The maximum Gasteiger partial charge on any atom is 0.338 e. The van der Waals surface area contributed by atoms with Crippen molar-refractivity contribution >= 4 is 11.9 Å². The Labute approximate surface area is 157 Å². The minimum atomic E-state index is -0.920. The highest BCUT2D eigenvalue weighted by Gasteiger charge is 2.41. The van der Waals surface area contributed by atoms with Gasteiger partial charge in [-0.15, -0.1) is 10.1 Å². The fraction of sp³-hybridized carbons (Fsp3) is 0.579. The van der Waals surface area contributed by atoms with E-state index in [2.05, 4.69) is 4.84 Å². The van der Waals surface area contributed by atoms with Crippen LogP contribution >= 0.6 is 0 Å². The molecular formula is C19H25NO7. The van der Waals surface area contributed by atoms with Gasteiger partial charge in [0.05, 0.1) is 11.0 Å². The quantitative estimate of drug-likeness (QED) is 0.436. The fourth-order valence-corrected chi connectivity index (χ4v) is 2.91. The average molecular weight is 379 g/mol. The first-order valence-electron chi connectivity index (χ1n) is 8.85. The summed E-state index contributed by atoms with van der Waals surface area (Å²) in [7, 11) is 0. The summed E-state index contributed by atoms with van der Waals surface area (Å²) in [5.74, 6) is -0.697. The number of carbonyl (C=O) groups is 2. The maximum absolute atomic E-state index is 12.4. The third kappa shape index (κ3) is 5.94. The number of esters is 2. The molecule has 0 atom stereocenters. The second kappa shape index (κ2) is 7.94. The maximum atomic E-state index is 12.4. The monoisotopic (exact) mass is 379 g/mol. The van der Waals surface area contributed by atoms with Crippen molar-refractivity contribution in [3.05, 3.63) is 39.9 Å². The molecule has 148 valence electrons. The first kappa shape index (κ1) is 20.7. The molecule has 1 fully saturated rings. The van der Waals surface area contributed by atoms with Gasteiger partial charge < -0.3 is 9.47 Å². The van der Waals surface area contributed by atoms with Gasteiger partial charge in [-0.1, -0.05) is 0 Å². The molecule has 27 heavy (non-hydrogen) atoms. The van der Waals surface area contributed by atoms with E-state index in [9.17, 15) is 19.7 Å². The highest BCUT2D eigenvalue weighted by molar-refractivity contribution is 5.89. The highest BCUT2D eigenvalue weighted by atomic mass is 17.0. The summed E-state index contributed by atoms with van der Waals surface area (Å²) >= 11 is 0. The van der Waals surface area contributed by atoms with E-state index in [-0.39, 0.29) is 23.4 Å². The molecule has 0 unspecified atom stereocenters. The zero-order chi connectivity index (χ0) is 20.2. The van der Waals surface area contributed by atoms with Gasteiger partial charge in [0.1, 0.15) is 17.5 Å². The van der Waals surface area contributed by atoms with Crippen LogP contribution in [0.25, 0.3) is 0 Å². The Bertz CT molecular complexity index is 698. The Morgan fingerprint density at radius 3 is 2.19 bits per heavy atom. The molecule has 0 aromatic heterocycles. The second-order valence-electron chi connectivity index (χ2n) is 8.01. The van der Waals surface area contributed by atoms with Crippen LogP contribution in [0, 0.1) is 15.5 Å². The van der Waals surface area contributed by atoms with E-state index in [1.165, 1.54) is 24.3 Å². The number of nitrogens with zero attached hydrogens (tertiary/aromatic N) is 1. The van der Waals surface area contributed by atoms with Gasteiger partial charge in [-0.25, -0.2) is 4.79 Å². The van der Waals surface area contributed by atoms with Crippen molar-refractivity contribution in [2.24, 2.45) is 5.41 Å². The SMILES string of the molecule is CC(C)(C)OC(=O)C1(C)CCC(OC(=O)c2ccc(O[N+](=O)[O-])cc2)CC1. The van der Waals surface area contributed by atoms with E-state index in [0.29, 0.717) is 25.7 Å². The lowest BCUT2D eigenvalue weighted by molar-refractivity contribution is -0.711. The number of hydrogen-bond acceptors (Lipinski definition) is 7. The predicted octanol–water partition coefficient (Wildman–Crippen LogP) is 3.70. The highest BCUT2D eigenvalue weighted by Crippen LogP contribution is 2.39. The third-order valence-corrected chi connectivity index (χ3v) is 4.47. The average Bonchev–Trinajstić information content (AvgIpc) is 2.55. The van der Waals surface area contributed by atoms with E-state index in [1.807, 2.05) is 27.7 Å². The van der Waals surface area contributed by atoms with Crippen LogP contribution in [0.2, 0.25) is 0 Å². The zero-order valence-corrected chi connectivity index (χ0v) is 16.0. The molecule has 1 aliphatic rings. The van der Waals surface area contributed by atoms with E-state index < -0.39 is 22.1 Å². The molecule has 0 spiro atoms. The third-order valence-electron chi connectivity index (χ3n) is 4.47.